The van der Waals surface area contributed by atoms with Crippen LogP contribution < -0.4 is 10.6 Å². The van der Waals surface area contributed by atoms with Crippen molar-refractivity contribution in [1.82, 2.24) is 20.6 Å². The molecule has 0 bridgehead atoms. The molecule has 0 aliphatic heterocycles. The van der Waals surface area contributed by atoms with Gasteiger partial charge in [-0.25, -0.2) is 4.98 Å². The minimum atomic E-state index is -0.400. The van der Waals surface area contributed by atoms with Gasteiger partial charge in [0.25, 0.3) is 11.8 Å². The molecule has 2 aliphatic carbocycles. The van der Waals surface area contributed by atoms with Crippen LogP contribution in [0, 0.1) is 0 Å². The number of benzene rings is 1. The first-order valence-electron chi connectivity index (χ1n) is 12.8. The summed E-state index contributed by atoms with van der Waals surface area (Å²) in [6.07, 6.45) is 9.29. The maximum absolute atomic E-state index is 13.2. The van der Waals surface area contributed by atoms with Gasteiger partial charge < -0.3 is 15.1 Å². The highest BCUT2D eigenvalue weighted by Gasteiger charge is 2.47. The Bertz CT molecular complexity index is 1630. The predicted octanol–water partition coefficient (Wildman–Crippen LogP) is 5.79. The van der Waals surface area contributed by atoms with Gasteiger partial charge in [-0.3, -0.25) is 14.6 Å². The molecule has 0 saturated heterocycles. The molecule has 1 saturated carbocycles. The Morgan fingerprint density at radius 1 is 0.974 bits per heavy atom. The van der Waals surface area contributed by atoms with Crippen molar-refractivity contribution in [1.29, 1.82) is 0 Å². The van der Waals surface area contributed by atoms with Crippen molar-refractivity contribution in [3.05, 3.63) is 101 Å². The Hall–Kier alpha value is -4.52. The summed E-state index contributed by atoms with van der Waals surface area (Å²) in [5, 5.41) is 5.91. The van der Waals surface area contributed by atoms with Crippen LogP contribution >= 0.6 is 0 Å². The summed E-state index contributed by atoms with van der Waals surface area (Å²) in [7, 11) is 1.60. The molecule has 2 aliphatic rings. The molecule has 0 radical (unpaired) electrons. The molecule has 4 aromatic rings. The third-order valence-corrected chi connectivity index (χ3v) is 7.32. The van der Waals surface area contributed by atoms with Gasteiger partial charge in [0.05, 0.1) is 16.9 Å². The fraction of sp³-hybridized carbons (Fsp3) is 0.226. The third kappa shape index (κ3) is 4.30. The molecule has 2 amide bonds. The summed E-state index contributed by atoms with van der Waals surface area (Å²) in [5.41, 5.74) is 6.23. The van der Waals surface area contributed by atoms with Crippen LogP contribution in [0.25, 0.3) is 27.9 Å². The number of allylic oxidation sites excluding steroid dienone is 4. The minimum Gasteiger partial charge on any atom is -0.454 e. The lowest BCUT2D eigenvalue weighted by Crippen LogP contribution is -2.35. The van der Waals surface area contributed by atoms with Gasteiger partial charge in [-0.05, 0) is 74.6 Å². The van der Waals surface area contributed by atoms with Crippen LogP contribution in [0.1, 0.15) is 64.8 Å². The molecule has 1 aromatic carbocycles. The molecule has 3 heterocycles. The van der Waals surface area contributed by atoms with Gasteiger partial charge in [0, 0.05) is 24.4 Å². The highest BCUT2D eigenvalue weighted by atomic mass is 16.3. The second kappa shape index (κ2) is 9.41. The number of aromatic nitrogens is 2. The molecule has 190 valence electrons. The zero-order valence-electron chi connectivity index (χ0n) is 21.4. The minimum absolute atomic E-state index is 0.152. The molecule has 7 nitrogen and oxygen atoms in total. The summed E-state index contributed by atoms with van der Waals surface area (Å²) in [5.74, 6) is 0.165. The van der Waals surface area contributed by atoms with Crippen molar-refractivity contribution >= 4 is 28.5 Å². The summed E-state index contributed by atoms with van der Waals surface area (Å²) in [6.45, 7) is 2.09. The van der Waals surface area contributed by atoms with Crippen LogP contribution in [-0.4, -0.2) is 28.8 Å². The molecule has 0 atom stereocenters. The van der Waals surface area contributed by atoms with Gasteiger partial charge in [0.2, 0.25) is 0 Å². The van der Waals surface area contributed by atoms with Crippen molar-refractivity contribution in [3.8, 4) is 11.3 Å². The second-order valence-corrected chi connectivity index (χ2v) is 9.97. The fourth-order valence-electron chi connectivity index (χ4n) is 4.95. The topological polar surface area (TPSA) is 97.1 Å². The Labute approximate surface area is 220 Å². The Balaban J connectivity index is 1.34. The molecule has 2 N–H and O–H groups in total. The fourth-order valence-corrected chi connectivity index (χ4v) is 4.95. The molecular formula is C31H28N4O3. The van der Waals surface area contributed by atoms with Gasteiger partial charge in [-0.15, -0.1) is 0 Å². The molecule has 38 heavy (non-hydrogen) atoms. The first-order valence-corrected chi connectivity index (χ1v) is 12.8. The van der Waals surface area contributed by atoms with Gasteiger partial charge in [0.1, 0.15) is 16.8 Å². The van der Waals surface area contributed by atoms with E-state index < -0.39 is 5.54 Å². The summed E-state index contributed by atoms with van der Waals surface area (Å²) in [6, 6.07) is 16.8. The largest absolute Gasteiger partial charge is 0.454 e. The van der Waals surface area contributed by atoms with Crippen LogP contribution in [0.4, 0.5) is 0 Å². The first-order chi connectivity index (χ1) is 18.5. The van der Waals surface area contributed by atoms with E-state index >= 15 is 0 Å². The lowest BCUT2D eigenvalue weighted by atomic mass is 9.95. The maximum atomic E-state index is 13.2. The van der Waals surface area contributed by atoms with Crippen LogP contribution in [0.5, 0.6) is 0 Å². The number of amides is 2. The van der Waals surface area contributed by atoms with E-state index in [0.717, 1.165) is 42.5 Å². The highest BCUT2D eigenvalue weighted by molar-refractivity contribution is 6.08. The summed E-state index contributed by atoms with van der Waals surface area (Å²) >= 11 is 0. The zero-order chi connectivity index (χ0) is 26.3. The van der Waals surface area contributed by atoms with Crippen LogP contribution in [0.15, 0.2) is 82.9 Å². The van der Waals surface area contributed by atoms with E-state index in [4.69, 9.17) is 9.40 Å². The standard InChI is InChI=1S/C31H28N4O3/c1-19-9-11-20(12-10-19)28-26(30(37)32-2)27-24(38-28)14-13-23(34-27)21-6-5-7-22(18-21)29(36)35-31(15-16-31)25-8-3-4-17-33-25/h3-9,11,13-14,17-18H,10,12,15-16H2,1-2H3,(H,32,37)(H,35,36). The highest BCUT2D eigenvalue weighted by Crippen LogP contribution is 2.44. The molecule has 6 rings (SSSR count). The van der Waals surface area contributed by atoms with E-state index in [1.165, 1.54) is 5.57 Å². The molecule has 0 unspecified atom stereocenters. The number of fused-ring (bicyclic) bond motifs is 1. The van der Waals surface area contributed by atoms with E-state index in [-0.39, 0.29) is 11.8 Å². The number of nitrogens with one attached hydrogen (secondary N) is 2. The van der Waals surface area contributed by atoms with Gasteiger partial charge in [-0.2, -0.15) is 0 Å². The second-order valence-electron chi connectivity index (χ2n) is 9.97. The number of nitrogens with zero attached hydrogens (tertiary/aromatic N) is 2. The van der Waals surface area contributed by atoms with E-state index in [2.05, 4.69) is 28.6 Å². The van der Waals surface area contributed by atoms with E-state index in [1.807, 2.05) is 54.6 Å². The number of hydrogen-bond donors (Lipinski definition) is 2. The summed E-state index contributed by atoms with van der Waals surface area (Å²) < 4.78 is 6.16. The lowest BCUT2D eigenvalue weighted by molar-refractivity contribution is 0.0928. The average molecular weight is 505 g/mol. The SMILES string of the molecule is CNC(=O)c1c(C2=CC=C(C)CC2)oc2ccc(-c3cccc(C(=O)NC4(c5ccccn5)CC4)c3)nc12. The van der Waals surface area contributed by atoms with Crippen molar-refractivity contribution < 1.29 is 14.0 Å². The number of pyridine rings is 2. The van der Waals surface area contributed by atoms with Crippen LogP contribution in [0.3, 0.4) is 0 Å². The number of carbonyl (C=O) groups excluding carboxylic acids is 2. The van der Waals surface area contributed by atoms with Crippen molar-refractivity contribution in [2.75, 3.05) is 7.05 Å². The maximum Gasteiger partial charge on any atom is 0.257 e. The quantitative estimate of drug-likeness (QED) is 0.346. The van der Waals surface area contributed by atoms with Gasteiger partial charge >= 0.3 is 0 Å². The van der Waals surface area contributed by atoms with Gasteiger partial charge in [-0.1, -0.05) is 35.9 Å². The number of rotatable bonds is 6. The van der Waals surface area contributed by atoms with Crippen molar-refractivity contribution in [2.24, 2.45) is 0 Å². The molecular weight excluding hydrogens is 476 g/mol. The monoisotopic (exact) mass is 504 g/mol. The number of furan rings is 1. The molecule has 1 fully saturated rings. The van der Waals surface area contributed by atoms with E-state index in [9.17, 15) is 9.59 Å². The molecule has 7 heteroatoms. The Morgan fingerprint density at radius 3 is 2.55 bits per heavy atom. The Kier molecular flexibility index (Phi) is 5.91. The molecule has 0 spiro atoms. The lowest BCUT2D eigenvalue weighted by Gasteiger charge is -2.17. The van der Waals surface area contributed by atoms with Crippen molar-refractivity contribution in [2.45, 2.75) is 38.1 Å². The normalized spacial score (nSPS) is 15.9. The number of carbonyl (C=O) groups is 2. The van der Waals surface area contributed by atoms with E-state index in [0.29, 0.717) is 33.7 Å². The summed E-state index contributed by atoms with van der Waals surface area (Å²) in [4.78, 5) is 35.5. The van der Waals surface area contributed by atoms with Gasteiger partial charge in [0.15, 0.2) is 5.58 Å². The van der Waals surface area contributed by atoms with Crippen LogP contribution in [0.2, 0.25) is 0 Å². The van der Waals surface area contributed by atoms with Crippen LogP contribution in [-0.2, 0) is 5.54 Å². The molecule has 3 aromatic heterocycles. The smallest absolute Gasteiger partial charge is 0.257 e. The Morgan fingerprint density at radius 2 is 1.84 bits per heavy atom. The zero-order valence-corrected chi connectivity index (χ0v) is 21.4. The number of hydrogen-bond acceptors (Lipinski definition) is 5. The third-order valence-electron chi connectivity index (χ3n) is 7.32. The predicted molar refractivity (Wildman–Crippen MR) is 146 cm³/mol. The van der Waals surface area contributed by atoms with Crippen molar-refractivity contribution in [3.63, 3.8) is 0 Å². The first kappa shape index (κ1) is 23.9. The average Bonchev–Trinajstić information content (AvgIpc) is 3.64. The van der Waals surface area contributed by atoms with E-state index in [1.54, 1.807) is 19.3 Å².